The number of aliphatic hydroxyl groups excluding tert-OH is 2. The summed E-state index contributed by atoms with van der Waals surface area (Å²) in [6, 6.07) is 7.46. The smallest absolute Gasteiger partial charge is 0.223 e. The Bertz CT molecular complexity index is 380. The number of amides is 1. The lowest BCUT2D eigenvalue weighted by atomic mass is 10.3. The van der Waals surface area contributed by atoms with E-state index in [4.69, 9.17) is 21.8 Å². The molecule has 0 unspecified atom stereocenters. The van der Waals surface area contributed by atoms with E-state index in [0.29, 0.717) is 17.2 Å². The van der Waals surface area contributed by atoms with Crippen LogP contribution in [0.15, 0.2) is 29.2 Å². The first-order valence-corrected chi connectivity index (χ1v) is 7.41. The number of nitrogens with zero attached hydrogens (tertiary/aromatic N) is 1. The van der Waals surface area contributed by atoms with Gasteiger partial charge in [0.2, 0.25) is 5.91 Å². The second kappa shape index (κ2) is 9.20. The lowest BCUT2D eigenvalue weighted by Crippen LogP contribution is -2.36. The SMILES string of the molecule is O=C(CCSc1ccc(Cl)cc1)N(CCO)CCO. The number of benzene rings is 1. The minimum Gasteiger partial charge on any atom is -0.395 e. The van der Waals surface area contributed by atoms with Crippen molar-refractivity contribution in [2.75, 3.05) is 32.1 Å². The van der Waals surface area contributed by atoms with Crippen LogP contribution in [0, 0.1) is 0 Å². The molecule has 4 nitrogen and oxygen atoms in total. The highest BCUT2D eigenvalue weighted by Gasteiger charge is 2.11. The molecule has 2 N–H and O–H groups in total. The Labute approximate surface area is 122 Å². The van der Waals surface area contributed by atoms with Crippen LogP contribution >= 0.6 is 23.4 Å². The molecule has 6 heteroatoms. The lowest BCUT2D eigenvalue weighted by molar-refractivity contribution is -0.131. The van der Waals surface area contributed by atoms with Gasteiger partial charge in [-0.1, -0.05) is 11.6 Å². The first-order chi connectivity index (χ1) is 9.17. The lowest BCUT2D eigenvalue weighted by Gasteiger charge is -2.20. The zero-order valence-corrected chi connectivity index (χ0v) is 12.2. The topological polar surface area (TPSA) is 60.8 Å². The van der Waals surface area contributed by atoms with Gasteiger partial charge in [-0.15, -0.1) is 11.8 Å². The fraction of sp³-hybridized carbons (Fsp3) is 0.462. The molecule has 0 bridgehead atoms. The monoisotopic (exact) mass is 303 g/mol. The van der Waals surface area contributed by atoms with E-state index in [1.54, 1.807) is 11.8 Å². The summed E-state index contributed by atoms with van der Waals surface area (Å²) in [7, 11) is 0. The molecule has 1 amide bonds. The van der Waals surface area contributed by atoms with E-state index >= 15 is 0 Å². The number of carbonyl (C=O) groups excluding carboxylic acids is 1. The van der Waals surface area contributed by atoms with Gasteiger partial charge in [-0.05, 0) is 24.3 Å². The van der Waals surface area contributed by atoms with Gasteiger partial charge < -0.3 is 15.1 Å². The van der Waals surface area contributed by atoms with Crippen molar-refractivity contribution in [2.24, 2.45) is 0 Å². The highest BCUT2D eigenvalue weighted by atomic mass is 35.5. The predicted molar refractivity (Wildman–Crippen MR) is 77.5 cm³/mol. The van der Waals surface area contributed by atoms with Crippen molar-refractivity contribution >= 4 is 29.3 Å². The van der Waals surface area contributed by atoms with Gasteiger partial charge in [-0.2, -0.15) is 0 Å². The van der Waals surface area contributed by atoms with E-state index < -0.39 is 0 Å². The largest absolute Gasteiger partial charge is 0.395 e. The van der Waals surface area contributed by atoms with E-state index in [-0.39, 0.29) is 32.2 Å². The quantitative estimate of drug-likeness (QED) is 0.717. The number of halogens is 1. The molecule has 106 valence electrons. The van der Waals surface area contributed by atoms with Crippen LogP contribution < -0.4 is 0 Å². The van der Waals surface area contributed by atoms with Crippen molar-refractivity contribution in [3.8, 4) is 0 Å². The van der Waals surface area contributed by atoms with Crippen molar-refractivity contribution < 1.29 is 15.0 Å². The third-order valence-electron chi connectivity index (χ3n) is 2.49. The Morgan fingerprint density at radius 3 is 2.26 bits per heavy atom. The average molecular weight is 304 g/mol. The molecule has 1 rings (SSSR count). The minimum absolute atomic E-state index is 0.0513. The van der Waals surface area contributed by atoms with Crippen molar-refractivity contribution in [3.05, 3.63) is 29.3 Å². The van der Waals surface area contributed by atoms with Crippen LogP contribution in [0.2, 0.25) is 5.02 Å². The zero-order chi connectivity index (χ0) is 14.1. The molecule has 19 heavy (non-hydrogen) atoms. The number of rotatable bonds is 8. The highest BCUT2D eigenvalue weighted by Crippen LogP contribution is 2.21. The highest BCUT2D eigenvalue weighted by molar-refractivity contribution is 7.99. The number of thioether (sulfide) groups is 1. The van der Waals surface area contributed by atoms with Crippen molar-refractivity contribution in [2.45, 2.75) is 11.3 Å². The third-order valence-corrected chi connectivity index (χ3v) is 3.76. The Kier molecular flexibility index (Phi) is 7.90. The summed E-state index contributed by atoms with van der Waals surface area (Å²) in [5, 5.41) is 18.4. The predicted octanol–water partition coefficient (Wildman–Crippen LogP) is 1.64. The summed E-state index contributed by atoms with van der Waals surface area (Å²) in [5.74, 6) is 0.609. The number of hydrogen-bond acceptors (Lipinski definition) is 4. The van der Waals surface area contributed by atoms with Gasteiger partial charge in [-0.3, -0.25) is 4.79 Å². The molecule has 1 aromatic carbocycles. The molecule has 0 aliphatic rings. The molecule has 0 atom stereocenters. The van der Waals surface area contributed by atoms with Crippen LogP contribution in [-0.2, 0) is 4.79 Å². The second-order valence-electron chi connectivity index (χ2n) is 3.88. The molecule has 0 aliphatic heterocycles. The Morgan fingerprint density at radius 2 is 1.74 bits per heavy atom. The molecule has 0 spiro atoms. The summed E-state index contributed by atoms with van der Waals surface area (Å²) in [4.78, 5) is 14.4. The molecular weight excluding hydrogens is 286 g/mol. The molecule has 0 saturated heterocycles. The van der Waals surface area contributed by atoms with Gasteiger partial charge in [-0.25, -0.2) is 0 Å². The van der Waals surface area contributed by atoms with Crippen molar-refractivity contribution in [1.82, 2.24) is 4.90 Å². The van der Waals surface area contributed by atoms with Crippen LogP contribution in [0.1, 0.15) is 6.42 Å². The van der Waals surface area contributed by atoms with Crippen molar-refractivity contribution in [1.29, 1.82) is 0 Å². The van der Waals surface area contributed by atoms with Crippen molar-refractivity contribution in [3.63, 3.8) is 0 Å². The van der Waals surface area contributed by atoms with Gasteiger partial charge in [0.1, 0.15) is 0 Å². The molecule has 0 saturated carbocycles. The summed E-state index contributed by atoms with van der Waals surface area (Å²) < 4.78 is 0. The third kappa shape index (κ3) is 6.29. The maximum absolute atomic E-state index is 11.8. The maximum Gasteiger partial charge on any atom is 0.223 e. The van der Waals surface area contributed by atoms with Gasteiger partial charge in [0.05, 0.1) is 13.2 Å². The van der Waals surface area contributed by atoms with Crippen LogP contribution in [0.25, 0.3) is 0 Å². The summed E-state index contributed by atoms with van der Waals surface area (Å²) >= 11 is 7.37. The maximum atomic E-state index is 11.8. The summed E-state index contributed by atoms with van der Waals surface area (Å²) in [5.41, 5.74) is 0. The zero-order valence-electron chi connectivity index (χ0n) is 10.6. The summed E-state index contributed by atoms with van der Waals surface area (Å²) in [6.45, 7) is 0.363. The minimum atomic E-state index is -0.0872. The fourth-order valence-electron chi connectivity index (χ4n) is 1.55. The van der Waals surface area contributed by atoms with Gasteiger partial charge in [0.15, 0.2) is 0 Å². The fourth-order valence-corrected chi connectivity index (χ4v) is 2.51. The second-order valence-corrected chi connectivity index (χ2v) is 5.49. The first-order valence-electron chi connectivity index (χ1n) is 6.05. The molecular formula is C13H18ClNO3S. The Hall–Kier alpha value is -0.750. The molecule has 1 aromatic rings. The Morgan fingerprint density at radius 1 is 1.16 bits per heavy atom. The van der Waals surface area contributed by atoms with E-state index in [0.717, 1.165) is 4.90 Å². The first kappa shape index (κ1) is 16.3. The summed E-state index contributed by atoms with van der Waals surface area (Å²) in [6.07, 6.45) is 0.382. The van der Waals surface area contributed by atoms with Crippen LogP contribution in [0.3, 0.4) is 0 Å². The van der Waals surface area contributed by atoms with E-state index in [9.17, 15) is 4.79 Å². The molecule has 0 aliphatic carbocycles. The van der Waals surface area contributed by atoms with Gasteiger partial charge in [0, 0.05) is 35.2 Å². The molecule has 0 fully saturated rings. The molecule has 0 heterocycles. The van der Waals surface area contributed by atoms with Crippen LogP contribution in [0.5, 0.6) is 0 Å². The normalized spacial score (nSPS) is 10.5. The van der Waals surface area contributed by atoms with E-state index in [1.165, 1.54) is 4.90 Å². The van der Waals surface area contributed by atoms with Crippen LogP contribution in [0.4, 0.5) is 0 Å². The standard InChI is InChI=1S/C13H18ClNO3S/c14-11-1-3-12(4-2-11)19-10-5-13(18)15(6-8-16)7-9-17/h1-4,16-17H,5-10H2. The number of hydrogen-bond donors (Lipinski definition) is 2. The van der Waals surface area contributed by atoms with E-state index in [1.807, 2.05) is 24.3 Å². The number of aliphatic hydroxyl groups is 2. The molecule has 0 aromatic heterocycles. The van der Waals surface area contributed by atoms with Gasteiger partial charge in [0.25, 0.3) is 0 Å². The van der Waals surface area contributed by atoms with Crippen LogP contribution in [-0.4, -0.2) is 53.1 Å². The average Bonchev–Trinajstić information content (AvgIpc) is 2.40. The van der Waals surface area contributed by atoms with E-state index in [2.05, 4.69) is 0 Å². The number of carbonyl (C=O) groups is 1. The molecule has 0 radical (unpaired) electrons. The van der Waals surface area contributed by atoms with Gasteiger partial charge >= 0.3 is 0 Å². The Balaban J connectivity index is 2.34.